The van der Waals surface area contributed by atoms with Gasteiger partial charge in [-0.25, -0.2) is 0 Å². The number of rotatable bonds is 5. The monoisotopic (exact) mass is 308 g/mol. The third kappa shape index (κ3) is 2.91. The molecule has 2 heterocycles. The Morgan fingerprint density at radius 2 is 1.09 bits per heavy atom. The minimum atomic E-state index is -0.277. The highest BCUT2D eigenvalue weighted by molar-refractivity contribution is 6.05. The second-order valence-corrected chi connectivity index (χ2v) is 6.88. The Morgan fingerprint density at radius 3 is 1.32 bits per heavy atom. The van der Waals surface area contributed by atoms with E-state index in [0.717, 1.165) is 0 Å². The summed E-state index contributed by atoms with van der Waals surface area (Å²) in [6.07, 6.45) is 0.458. The smallest absolute Gasteiger partial charge is 0.233 e. The minimum Gasteiger partial charge on any atom is -0.281 e. The third-order valence-electron chi connectivity index (χ3n) is 4.71. The maximum Gasteiger partial charge on any atom is 0.233 e. The van der Waals surface area contributed by atoms with Crippen molar-refractivity contribution in [2.75, 3.05) is 13.1 Å². The molecule has 2 fully saturated rings. The van der Waals surface area contributed by atoms with Crippen LogP contribution in [0.5, 0.6) is 0 Å². The van der Waals surface area contributed by atoms with Crippen LogP contribution >= 0.6 is 0 Å². The molecule has 0 N–H and O–H groups in total. The number of carbonyl (C=O) groups excluding carboxylic acids is 4. The van der Waals surface area contributed by atoms with Gasteiger partial charge in [0.25, 0.3) is 0 Å². The Bertz CT molecular complexity index is 466. The fraction of sp³-hybridized carbons (Fsp3) is 0.750. The first kappa shape index (κ1) is 16.6. The molecule has 2 rings (SSSR count). The van der Waals surface area contributed by atoms with Crippen LogP contribution in [0.4, 0.5) is 0 Å². The van der Waals surface area contributed by atoms with Crippen molar-refractivity contribution in [1.82, 2.24) is 9.80 Å². The van der Waals surface area contributed by atoms with Crippen molar-refractivity contribution in [2.45, 2.75) is 40.5 Å². The Kier molecular flexibility index (Phi) is 4.68. The second-order valence-electron chi connectivity index (χ2n) is 6.88. The summed E-state index contributed by atoms with van der Waals surface area (Å²) in [5, 5.41) is 0. The zero-order valence-electron chi connectivity index (χ0n) is 13.7. The molecule has 2 saturated heterocycles. The van der Waals surface area contributed by atoms with Crippen LogP contribution in [0, 0.1) is 23.7 Å². The van der Waals surface area contributed by atoms with Crippen molar-refractivity contribution in [3.05, 3.63) is 0 Å². The number of hydrogen-bond donors (Lipinski definition) is 0. The molecule has 0 aromatic carbocycles. The Labute approximate surface area is 130 Å². The molecule has 122 valence electrons. The first-order valence-electron chi connectivity index (χ1n) is 7.92. The van der Waals surface area contributed by atoms with Gasteiger partial charge in [-0.1, -0.05) is 27.7 Å². The van der Waals surface area contributed by atoms with Gasteiger partial charge in [0.05, 0.1) is 0 Å². The summed E-state index contributed by atoms with van der Waals surface area (Å²) >= 11 is 0. The molecule has 0 spiro atoms. The number of likely N-dealkylation sites (tertiary alicyclic amines) is 2. The lowest BCUT2D eigenvalue weighted by Crippen LogP contribution is -2.41. The average Bonchev–Trinajstić information content (AvgIpc) is 2.86. The van der Waals surface area contributed by atoms with Gasteiger partial charge in [0.15, 0.2) is 0 Å². The first-order valence-corrected chi connectivity index (χ1v) is 7.92. The molecule has 2 unspecified atom stereocenters. The maximum atomic E-state index is 12.2. The molecule has 0 bridgehead atoms. The highest BCUT2D eigenvalue weighted by Crippen LogP contribution is 2.28. The van der Waals surface area contributed by atoms with E-state index in [2.05, 4.69) is 0 Å². The standard InChI is InChI=1S/C16H24N2O4/c1-9(2)11-7-13(19)17(15(11)21)5-6-18-14(20)8-12(10(3)4)16(18)22/h9-12H,5-8H2,1-4H3. The first-order chi connectivity index (χ1) is 10.2. The molecular weight excluding hydrogens is 284 g/mol. The quantitative estimate of drug-likeness (QED) is 0.711. The maximum absolute atomic E-state index is 12.2. The Balaban J connectivity index is 1.99. The van der Waals surface area contributed by atoms with E-state index in [1.165, 1.54) is 9.80 Å². The lowest BCUT2D eigenvalue weighted by atomic mass is 9.94. The van der Waals surface area contributed by atoms with Gasteiger partial charge in [-0.2, -0.15) is 0 Å². The summed E-state index contributed by atoms with van der Waals surface area (Å²) in [4.78, 5) is 50.7. The predicted octanol–water partition coefficient (Wildman–Crippen LogP) is 1.05. The summed E-state index contributed by atoms with van der Waals surface area (Å²) in [6, 6.07) is 0. The molecule has 22 heavy (non-hydrogen) atoms. The van der Waals surface area contributed by atoms with E-state index < -0.39 is 0 Å². The van der Waals surface area contributed by atoms with E-state index in [4.69, 9.17) is 0 Å². The zero-order valence-corrected chi connectivity index (χ0v) is 13.7. The van der Waals surface area contributed by atoms with Crippen molar-refractivity contribution >= 4 is 23.6 Å². The molecule has 2 aliphatic heterocycles. The lowest BCUT2D eigenvalue weighted by Gasteiger charge is -2.21. The van der Waals surface area contributed by atoms with Gasteiger partial charge in [0, 0.05) is 37.8 Å². The van der Waals surface area contributed by atoms with E-state index in [1.807, 2.05) is 27.7 Å². The van der Waals surface area contributed by atoms with Gasteiger partial charge < -0.3 is 0 Å². The Hall–Kier alpha value is -1.72. The van der Waals surface area contributed by atoms with E-state index >= 15 is 0 Å². The van der Waals surface area contributed by atoms with Crippen LogP contribution in [0.25, 0.3) is 0 Å². The van der Waals surface area contributed by atoms with Crippen LogP contribution in [0.3, 0.4) is 0 Å². The van der Waals surface area contributed by atoms with Crippen LogP contribution in [-0.2, 0) is 19.2 Å². The number of carbonyl (C=O) groups is 4. The third-order valence-corrected chi connectivity index (χ3v) is 4.71. The molecule has 4 amide bonds. The van der Waals surface area contributed by atoms with E-state index in [-0.39, 0.29) is 73.2 Å². The Morgan fingerprint density at radius 1 is 0.773 bits per heavy atom. The van der Waals surface area contributed by atoms with Crippen molar-refractivity contribution in [3.8, 4) is 0 Å². The SMILES string of the molecule is CC(C)C1CC(=O)N(CCN2C(=O)CC(C(C)C)C2=O)C1=O. The summed E-state index contributed by atoms with van der Waals surface area (Å²) < 4.78 is 0. The predicted molar refractivity (Wildman–Crippen MR) is 79.3 cm³/mol. The van der Waals surface area contributed by atoms with Crippen molar-refractivity contribution in [1.29, 1.82) is 0 Å². The molecule has 2 aliphatic rings. The fourth-order valence-corrected chi connectivity index (χ4v) is 3.13. The van der Waals surface area contributed by atoms with Crippen LogP contribution in [0.1, 0.15) is 40.5 Å². The molecule has 0 aromatic heterocycles. The number of hydrogen-bond acceptors (Lipinski definition) is 4. The fourth-order valence-electron chi connectivity index (χ4n) is 3.13. The summed E-state index contributed by atoms with van der Waals surface area (Å²) in [6.45, 7) is 7.90. The van der Waals surface area contributed by atoms with Crippen LogP contribution in [0.15, 0.2) is 0 Å². The molecule has 0 aliphatic carbocycles. The van der Waals surface area contributed by atoms with E-state index in [0.29, 0.717) is 0 Å². The van der Waals surface area contributed by atoms with Crippen LogP contribution < -0.4 is 0 Å². The van der Waals surface area contributed by atoms with Gasteiger partial charge in [0.1, 0.15) is 0 Å². The zero-order chi connectivity index (χ0) is 16.6. The largest absolute Gasteiger partial charge is 0.281 e. The number of amides is 4. The van der Waals surface area contributed by atoms with Gasteiger partial charge in [-0.05, 0) is 11.8 Å². The molecule has 2 atom stereocenters. The lowest BCUT2D eigenvalue weighted by molar-refractivity contribution is -0.145. The van der Waals surface area contributed by atoms with Crippen molar-refractivity contribution < 1.29 is 19.2 Å². The normalized spacial score (nSPS) is 26.3. The summed E-state index contributed by atoms with van der Waals surface area (Å²) in [5.41, 5.74) is 0. The highest BCUT2D eigenvalue weighted by atomic mass is 16.2. The molecule has 0 radical (unpaired) electrons. The van der Waals surface area contributed by atoms with Gasteiger partial charge in [-0.15, -0.1) is 0 Å². The highest BCUT2D eigenvalue weighted by Gasteiger charge is 2.43. The molecule has 0 aromatic rings. The van der Waals surface area contributed by atoms with Gasteiger partial charge in [0.2, 0.25) is 23.6 Å². The summed E-state index contributed by atoms with van der Waals surface area (Å²) in [5.74, 6) is -1.10. The van der Waals surface area contributed by atoms with Gasteiger partial charge in [-0.3, -0.25) is 29.0 Å². The van der Waals surface area contributed by atoms with Crippen LogP contribution in [-0.4, -0.2) is 46.5 Å². The molecule has 6 nitrogen and oxygen atoms in total. The molecular formula is C16H24N2O4. The van der Waals surface area contributed by atoms with E-state index in [1.54, 1.807) is 0 Å². The van der Waals surface area contributed by atoms with Crippen molar-refractivity contribution in [3.63, 3.8) is 0 Å². The van der Waals surface area contributed by atoms with Crippen LogP contribution in [0.2, 0.25) is 0 Å². The average molecular weight is 308 g/mol. The summed E-state index contributed by atoms with van der Waals surface area (Å²) in [7, 11) is 0. The van der Waals surface area contributed by atoms with Crippen molar-refractivity contribution in [2.24, 2.45) is 23.7 Å². The minimum absolute atomic E-state index is 0.113. The topological polar surface area (TPSA) is 74.8 Å². The van der Waals surface area contributed by atoms with Gasteiger partial charge >= 0.3 is 0 Å². The number of nitrogens with zero attached hydrogens (tertiary/aromatic N) is 2. The number of imide groups is 2. The van der Waals surface area contributed by atoms with E-state index in [9.17, 15) is 19.2 Å². The molecule has 0 saturated carbocycles. The molecule has 6 heteroatoms. The second kappa shape index (κ2) is 6.18.